The van der Waals surface area contributed by atoms with E-state index >= 15 is 0 Å². The standard InChI is InChI=1S/C13H17N3/c1-8-4-5-11(10(3)9(8)2)12-7-15-13(6-14)16-12/h4-5,7H,6,14H2,1-3H3,(H,15,16). The van der Waals surface area contributed by atoms with Gasteiger partial charge in [-0.15, -0.1) is 0 Å². The molecule has 0 aliphatic carbocycles. The van der Waals surface area contributed by atoms with Crippen LogP contribution in [0.2, 0.25) is 0 Å². The quantitative estimate of drug-likeness (QED) is 0.808. The van der Waals surface area contributed by atoms with Crippen LogP contribution in [-0.4, -0.2) is 9.97 Å². The van der Waals surface area contributed by atoms with E-state index in [2.05, 4.69) is 42.9 Å². The fourth-order valence-corrected chi connectivity index (χ4v) is 1.85. The lowest BCUT2D eigenvalue weighted by Crippen LogP contribution is -1.98. The number of rotatable bonds is 2. The summed E-state index contributed by atoms with van der Waals surface area (Å²) in [5, 5.41) is 0. The number of aromatic amines is 1. The molecule has 2 aromatic rings. The lowest BCUT2D eigenvalue weighted by atomic mass is 9.97. The largest absolute Gasteiger partial charge is 0.341 e. The van der Waals surface area contributed by atoms with Crippen LogP contribution in [0.4, 0.5) is 0 Å². The third-order valence-corrected chi connectivity index (χ3v) is 3.17. The Morgan fingerprint density at radius 2 is 1.94 bits per heavy atom. The molecular weight excluding hydrogens is 198 g/mol. The summed E-state index contributed by atoms with van der Waals surface area (Å²) in [4.78, 5) is 7.45. The summed E-state index contributed by atoms with van der Waals surface area (Å²) >= 11 is 0. The monoisotopic (exact) mass is 215 g/mol. The molecule has 84 valence electrons. The van der Waals surface area contributed by atoms with E-state index in [1.54, 1.807) is 0 Å². The van der Waals surface area contributed by atoms with Crippen molar-refractivity contribution in [2.24, 2.45) is 5.73 Å². The minimum Gasteiger partial charge on any atom is -0.341 e. The number of hydrogen-bond acceptors (Lipinski definition) is 2. The van der Waals surface area contributed by atoms with Gasteiger partial charge in [-0.05, 0) is 37.5 Å². The van der Waals surface area contributed by atoms with Crippen LogP contribution in [0.15, 0.2) is 18.3 Å². The average Bonchev–Trinajstić information content (AvgIpc) is 2.74. The number of aromatic nitrogens is 2. The Morgan fingerprint density at radius 3 is 2.56 bits per heavy atom. The summed E-state index contributed by atoms with van der Waals surface area (Å²) in [6.07, 6.45) is 1.85. The number of H-pyrrole nitrogens is 1. The molecule has 0 fully saturated rings. The molecule has 0 aliphatic heterocycles. The van der Waals surface area contributed by atoms with Crippen LogP contribution in [0.3, 0.4) is 0 Å². The van der Waals surface area contributed by atoms with Gasteiger partial charge in [-0.1, -0.05) is 12.1 Å². The number of nitrogens with one attached hydrogen (secondary N) is 1. The first kappa shape index (κ1) is 10.9. The van der Waals surface area contributed by atoms with Crippen molar-refractivity contribution in [1.82, 2.24) is 9.97 Å². The van der Waals surface area contributed by atoms with Gasteiger partial charge in [0.15, 0.2) is 0 Å². The van der Waals surface area contributed by atoms with Crippen LogP contribution in [0.25, 0.3) is 11.3 Å². The summed E-state index contributed by atoms with van der Waals surface area (Å²) in [5.41, 5.74) is 11.7. The van der Waals surface area contributed by atoms with E-state index in [0.717, 1.165) is 11.5 Å². The molecule has 0 bridgehead atoms. The van der Waals surface area contributed by atoms with Crippen LogP contribution in [-0.2, 0) is 6.54 Å². The van der Waals surface area contributed by atoms with E-state index in [0.29, 0.717) is 6.54 Å². The molecule has 2 rings (SSSR count). The molecule has 0 amide bonds. The summed E-state index contributed by atoms with van der Waals surface area (Å²) in [5.74, 6) is 0.827. The van der Waals surface area contributed by atoms with Crippen LogP contribution in [0, 0.1) is 20.8 Å². The Morgan fingerprint density at radius 1 is 1.19 bits per heavy atom. The Balaban J connectivity index is 2.52. The van der Waals surface area contributed by atoms with Crippen molar-refractivity contribution in [3.63, 3.8) is 0 Å². The lowest BCUT2D eigenvalue weighted by Gasteiger charge is -2.09. The van der Waals surface area contributed by atoms with Crippen molar-refractivity contribution in [3.05, 3.63) is 40.8 Å². The Bertz CT molecular complexity index is 512. The Hall–Kier alpha value is -1.61. The van der Waals surface area contributed by atoms with E-state index in [9.17, 15) is 0 Å². The molecule has 0 unspecified atom stereocenters. The summed E-state index contributed by atoms with van der Waals surface area (Å²) in [6.45, 7) is 6.86. The van der Waals surface area contributed by atoms with E-state index in [1.165, 1.54) is 22.3 Å². The molecule has 0 radical (unpaired) electrons. The number of nitrogens with two attached hydrogens (primary N) is 1. The molecular formula is C13H17N3. The van der Waals surface area contributed by atoms with E-state index in [4.69, 9.17) is 5.73 Å². The maximum atomic E-state index is 5.54. The first-order chi connectivity index (χ1) is 7.63. The maximum absolute atomic E-state index is 5.54. The number of aryl methyl sites for hydroxylation is 1. The normalized spacial score (nSPS) is 10.8. The van der Waals surface area contributed by atoms with Crippen molar-refractivity contribution in [3.8, 4) is 11.3 Å². The predicted octanol–water partition coefficient (Wildman–Crippen LogP) is 2.46. The summed E-state index contributed by atoms with van der Waals surface area (Å²) in [6, 6.07) is 4.27. The van der Waals surface area contributed by atoms with Gasteiger partial charge in [0, 0.05) is 5.56 Å². The lowest BCUT2D eigenvalue weighted by molar-refractivity contribution is 0.950. The van der Waals surface area contributed by atoms with Crippen molar-refractivity contribution in [2.45, 2.75) is 27.3 Å². The molecule has 0 atom stereocenters. The molecule has 0 spiro atoms. The van der Waals surface area contributed by atoms with Gasteiger partial charge in [0.25, 0.3) is 0 Å². The predicted molar refractivity (Wildman–Crippen MR) is 66.1 cm³/mol. The number of nitrogens with zero attached hydrogens (tertiary/aromatic N) is 1. The van der Waals surface area contributed by atoms with Gasteiger partial charge in [-0.2, -0.15) is 0 Å². The maximum Gasteiger partial charge on any atom is 0.120 e. The van der Waals surface area contributed by atoms with Gasteiger partial charge in [0.05, 0.1) is 18.4 Å². The zero-order chi connectivity index (χ0) is 11.7. The molecule has 3 nitrogen and oxygen atoms in total. The van der Waals surface area contributed by atoms with Crippen LogP contribution in [0.5, 0.6) is 0 Å². The minimum atomic E-state index is 0.448. The molecule has 1 aromatic carbocycles. The van der Waals surface area contributed by atoms with Gasteiger partial charge in [-0.25, -0.2) is 4.98 Å². The second kappa shape index (κ2) is 4.10. The Labute approximate surface area is 95.7 Å². The number of hydrogen-bond donors (Lipinski definition) is 2. The molecule has 1 heterocycles. The first-order valence-corrected chi connectivity index (χ1v) is 5.44. The van der Waals surface area contributed by atoms with E-state index in [1.807, 2.05) is 6.20 Å². The molecule has 0 saturated heterocycles. The highest BCUT2D eigenvalue weighted by molar-refractivity contribution is 5.65. The fraction of sp³-hybridized carbons (Fsp3) is 0.308. The molecule has 3 heteroatoms. The van der Waals surface area contributed by atoms with Gasteiger partial charge < -0.3 is 10.7 Å². The SMILES string of the molecule is Cc1ccc(-c2cnc(CN)[nH]2)c(C)c1C. The van der Waals surface area contributed by atoms with Crippen LogP contribution in [0.1, 0.15) is 22.5 Å². The van der Waals surface area contributed by atoms with Crippen LogP contribution >= 0.6 is 0 Å². The highest BCUT2D eigenvalue weighted by Crippen LogP contribution is 2.25. The molecule has 0 saturated carbocycles. The molecule has 1 aromatic heterocycles. The van der Waals surface area contributed by atoms with E-state index < -0.39 is 0 Å². The zero-order valence-electron chi connectivity index (χ0n) is 9.96. The third-order valence-electron chi connectivity index (χ3n) is 3.17. The fourth-order valence-electron chi connectivity index (χ4n) is 1.85. The zero-order valence-corrected chi connectivity index (χ0v) is 9.96. The van der Waals surface area contributed by atoms with Crippen molar-refractivity contribution >= 4 is 0 Å². The number of benzene rings is 1. The summed E-state index contributed by atoms with van der Waals surface area (Å²) in [7, 11) is 0. The molecule has 3 N–H and O–H groups in total. The minimum absolute atomic E-state index is 0.448. The van der Waals surface area contributed by atoms with Crippen molar-refractivity contribution < 1.29 is 0 Å². The second-order valence-corrected chi connectivity index (χ2v) is 4.13. The summed E-state index contributed by atoms with van der Waals surface area (Å²) < 4.78 is 0. The molecule has 16 heavy (non-hydrogen) atoms. The topological polar surface area (TPSA) is 54.7 Å². The molecule has 0 aliphatic rings. The van der Waals surface area contributed by atoms with Gasteiger partial charge in [-0.3, -0.25) is 0 Å². The van der Waals surface area contributed by atoms with E-state index in [-0.39, 0.29) is 0 Å². The highest BCUT2D eigenvalue weighted by Gasteiger charge is 2.08. The van der Waals surface area contributed by atoms with Gasteiger partial charge in [0.2, 0.25) is 0 Å². The smallest absolute Gasteiger partial charge is 0.120 e. The Kier molecular flexibility index (Phi) is 2.79. The van der Waals surface area contributed by atoms with Crippen molar-refractivity contribution in [2.75, 3.05) is 0 Å². The van der Waals surface area contributed by atoms with Gasteiger partial charge >= 0.3 is 0 Å². The van der Waals surface area contributed by atoms with Crippen LogP contribution < -0.4 is 5.73 Å². The number of imidazole rings is 1. The third kappa shape index (κ3) is 1.74. The highest BCUT2D eigenvalue weighted by atomic mass is 14.9. The average molecular weight is 215 g/mol. The first-order valence-electron chi connectivity index (χ1n) is 5.44. The van der Waals surface area contributed by atoms with Gasteiger partial charge in [0.1, 0.15) is 5.82 Å². The second-order valence-electron chi connectivity index (χ2n) is 4.13. The van der Waals surface area contributed by atoms with Crippen molar-refractivity contribution in [1.29, 1.82) is 0 Å².